The number of phenolic OH excluding ortho intramolecular Hbond substituents is 2. The molecule has 2 N–H and O–H groups in total. The molecule has 0 fully saturated rings. The monoisotopic (exact) mass is 840 g/mol. The molecule has 316 valence electrons. The maximum atomic E-state index is 11.9. The van der Waals surface area contributed by atoms with Crippen molar-refractivity contribution in [1.82, 2.24) is 0 Å². The third-order valence-corrected chi connectivity index (χ3v) is 11.6. The summed E-state index contributed by atoms with van der Waals surface area (Å²) >= 11 is 0. The normalized spacial score (nSPS) is 12.4. The molecule has 0 radical (unpaired) electrons. The van der Waals surface area contributed by atoms with Gasteiger partial charge in [-0.1, -0.05) is 132 Å². The van der Waals surface area contributed by atoms with Crippen molar-refractivity contribution in [3.05, 3.63) is 237 Å². The number of aryl methyl sites for hydroxylation is 2. The molecule has 0 saturated heterocycles. The van der Waals surface area contributed by atoms with Gasteiger partial charge in [0.25, 0.3) is 0 Å². The minimum absolute atomic E-state index is 0.246. The van der Waals surface area contributed by atoms with E-state index >= 15 is 0 Å². The van der Waals surface area contributed by atoms with Gasteiger partial charge in [-0.15, -0.1) is 0 Å². The van der Waals surface area contributed by atoms with Crippen molar-refractivity contribution in [3.63, 3.8) is 0 Å². The van der Waals surface area contributed by atoms with Gasteiger partial charge in [-0.05, 0) is 118 Å². The van der Waals surface area contributed by atoms with Crippen molar-refractivity contribution >= 4 is 22.7 Å². The van der Waals surface area contributed by atoms with Crippen LogP contribution in [0.1, 0.15) is 66.8 Å². The number of hydrogen-bond acceptors (Lipinski definition) is 8. The van der Waals surface area contributed by atoms with Crippen LogP contribution >= 0.6 is 0 Å². The Bertz CT molecular complexity index is 2670. The minimum atomic E-state index is 0.246. The first kappa shape index (κ1) is 41.5. The van der Waals surface area contributed by atoms with Gasteiger partial charge in [-0.2, -0.15) is 20.5 Å². The molecule has 8 nitrogen and oxygen atoms in total. The zero-order valence-corrected chi connectivity index (χ0v) is 35.9. The number of ether oxygens (including phenoxy) is 2. The number of rotatable bonds is 10. The van der Waals surface area contributed by atoms with E-state index in [2.05, 4.69) is 20.5 Å². The summed E-state index contributed by atoms with van der Waals surface area (Å²) in [5.41, 5.74) is 14.3. The zero-order valence-electron chi connectivity index (χ0n) is 35.9. The van der Waals surface area contributed by atoms with E-state index in [4.69, 9.17) is 9.47 Å². The van der Waals surface area contributed by atoms with Crippen LogP contribution in [0.2, 0.25) is 0 Å². The lowest BCUT2D eigenvalue weighted by Gasteiger charge is -2.20. The predicted molar refractivity (Wildman–Crippen MR) is 253 cm³/mol. The highest BCUT2D eigenvalue weighted by Gasteiger charge is 2.20. The maximum absolute atomic E-state index is 11.9. The Morgan fingerprint density at radius 3 is 0.875 bits per heavy atom. The first-order chi connectivity index (χ1) is 31.3. The summed E-state index contributed by atoms with van der Waals surface area (Å²) in [7, 11) is 0. The third-order valence-electron chi connectivity index (χ3n) is 11.6. The van der Waals surface area contributed by atoms with Gasteiger partial charge in [-0.3, -0.25) is 0 Å². The molecule has 1 aliphatic rings. The number of benzene rings is 8. The summed E-state index contributed by atoms with van der Waals surface area (Å²) < 4.78 is 13.4. The fraction of sp³-hybridized carbons (Fsp3) is 0.143. The van der Waals surface area contributed by atoms with Crippen LogP contribution in [0.5, 0.6) is 23.0 Å². The molecule has 1 aliphatic carbocycles. The molecule has 0 saturated carbocycles. The molecular formula is C56H48N4O4. The minimum Gasteiger partial charge on any atom is -0.507 e. The van der Waals surface area contributed by atoms with E-state index in [1.54, 1.807) is 0 Å². The van der Waals surface area contributed by atoms with Crippen LogP contribution in [0.4, 0.5) is 22.7 Å². The highest BCUT2D eigenvalue weighted by atomic mass is 16.5. The zero-order chi connectivity index (χ0) is 43.8. The molecule has 8 aromatic rings. The van der Waals surface area contributed by atoms with Gasteiger partial charge in [0.05, 0.1) is 22.7 Å². The van der Waals surface area contributed by atoms with E-state index < -0.39 is 0 Å². The van der Waals surface area contributed by atoms with Crippen LogP contribution in [-0.4, -0.2) is 10.2 Å². The highest BCUT2D eigenvalue weighted by molar-refractivity contribution is 5.56. The molecule has 0 amide bonds. The molecule has 9 rings (SSSR count). The van der Waals surface area contributed by atoms with Gasteiger partial charge < -0.3 is 19.7 Å². The van der Waals surface area contributed by atoms with Crippen molar-refractivity contribution in [3.8, 4) is 23.0 Å². The molecule has 0 spiro atoms. The summed E-state index contributed by atoms with van der Waals surface area (Å²) in [5.74, 6) is 1.96. The molecule has 8 bridgehead atoms. The highest BCUT2D eigenvalue weighted by Crippen LogP contribution is 2.39. The van der Waals surface area contributed by atoms with Crippen LogP contribution < -0.4 is 9.47 Å². The lowest BCUT2D eigenvalue weighted by Crippen LogP contribution is -2.06. The number of para-hydroxylation sites is 4. The molecule has 0 heterocycles. The summed E-state index contributed by atoms with van der Waals surface area (Å²) in [4.78, 5) is 0. The summed E-state index contributed by atoms with van der Waals surface area (Å²) in [5, 5.41) is 41.4. The molecular weight excluding hydrogens is 793 g/mol. The molecule has 0 aromatic heterocycles. The van der Waals surface area contributed by atoms with Crippen LogP contribution in [0, 0.1) is 13.8 Å². The first-order valence-electron chi connectivity index (χ1n) is 21.5. The molecule has 8 aromatic carbocycles. The largest absolute Gasteiger partial charge is 0.507 e. The molecule has 0 unspecified atom stereocenters. The second kappa shape index (κ2) is 19.1. The Hall–Kier alpha value is -7.84. The van der Waals surface area contributed by atoms with Gasteiger partial charge in [0.2, 0.25) is 0 Å². The fourth-order valence-corrected chi connectivity index (χ4v) is 7.97. The number of phenols is 2. The van der Waals surface area contributed by atoms with Gasteiger partial charge in [0.1, 0.15) is 36.2 Å². The maximum Gasteiger partial charge on any atom is 0.126 e. The average Bonchev–Trinajstić information content (AvgIpc) is 3.31. The van der Waals surface area contributed by atoms with E-state index in [0.29, 0.717) is 38.9 Å². The SMILES string of the molecule is Cc1ccc(N=Nc2ccc(COc3c4cccc3Cc3cccc(c3O)Cc3cccc(c3OCc3ccc(N=Nc5ccc(C)cc5)cc3)Cc3cccc(c3O)C4)cc2)cc1. The number of azo groups is 2. The summed E-state index contributed by atoms with van der Waals surface area (Å²) in [6, 6.07) is 55.7. The second-order valence-corrected chi connectivity index (χ2v) is 16.3. The van der Waals surface area contributed by atoms with E-state index in [1.807, 2.05) is 184 Å². The Labute approximate surface area is 373 Å². The van der Waals surface area contributed by atoms with Crippen molar-refractivity contribution in [1.29, 1.82) is 0 Å². The van der Waals surface area contributed by atoms with E-state index in [9.17, 15) is 10.2 Å². The topological polar surface area (TPSA) is 108 Å². The van der Waals surface area contributed by atoms with E-state index in [0.717, 1.165) is 89.9 Å². The van der Waals surface area contributed by atoms with E-state index in [-0.39, 0.29) is 11.5 Å². The van der Waals surface area contributed by atoms with Crippen LogP contribution in [-0.2, 0) is 38.9 Å². The molecule has 0 atom stereocenters. The van der Waals surface area contributed by atoms with E-state index in [1.165, 1.54) is 11.1 Å². The van der Waals surface area contributed by atoms with Crippen molar-refractivity contribution < 1.29 is 19.7 Å². The standard InChI is InChI=1S/C56H48N4O4/c1-37-15-23-49(24-16-37)57-59-51-27-19-39(20-28-51)35-63-55-45-11-5-12-46(55)32-42-8-4-10-44(54(42)62)34-48-14-6-13-47(33-43-9-3-7-41(31-45)53(43)61)56(48)64-36-40-21-29-52(30-22-40)60-58-50-25-17-38(2)18-26-50/h3-30,61-62H,31-36H2,1-2H3. The Balaban J connectivity index is 0.993. The van der Waals surface area contributed by atoms with Crippen LogP contribution in [0.15, 0.2) is 190 Å². The van der Waals surface area contributed by atoms with Crippen LogP contribution in [0.3, 0.4) is 0 Å². The first-order valence-corrected chi connectivity index (χ1v) is 21.5. The number of hydrogen-bond donors (Lipinski definition) is 2. The predicted octanol–water partition coefficient (Wildman–Crippen LogP) is 14.4. The Morgan fingerprint density at radius 2 is 0.594 bits per heavy atom. The lowest BCUT2D eigenvalue weighted by molar-refractivity contribution is 0.300. The number of nitrogens with zero attached hydrogens (tertiary/aromatic N) is 4. The molecule has 8 heteroatoms. The Kier molecular flexibility index (Phi) is 12.4. The fourth-order valence-electron chi connectivity index (χ4n) is 7.97. The van der Waals surface area contributed by atoms with Crippen molar-refractivity contribution in [2.45, 2.75) is 52.7 Å². The van der Waals surface area contributed by atoms with Crippen LogP contribution in [0.25, 0.3) is 0 Å². The number of aromatic hydroxyl groups is 2. The third kappa shape index (κ3) is 9.93. The van der Waals surface area contributed by atoms with Crippen molar-refractivity contribution in [2.24, 2.45) is 20.5 Å². The van der Waals surface area contributed by atoms with Gasteiger partial charge >= 0.3 is 0 Å². The van der Waals surface area contributed by atoms with Gasteiger partial charge in [0, 0.05) is 25.7 Å². The van der Waals surface area contributed by atoms with Crippen molar-refractivity contribution in [2.75, 3.05) is 0 Å². The summed E-state index contributed by atoms with van der Waals surface area (Å²) in [6.45, 7) is 4.73. The van der Waals surface area contributed by atoms with Gasteiger partial charge in [-0.25, -0.2) is 0 Å². The van der Waals surface area contributed by atoms with Gasteiger partial charge in [0.15, 0.2) is 0 Å². The smallest absolute Gasteiger partial charge is 0.126 e. The second-order valence-electron chi connectivity index (χ2n) is 16.3. The summed E-state index contributed by atoms with van der Waals surface area (Å²) in [6.07, 6.45) is 1.77. The number of fused-ring (bicyclic) bond motifs is 8. The molecule has 64 heavy (non-hydrogen) atoms. The lowest BCUT2D eigenvalue weighted by atomic mass is 9.91. The quantitative estimate of drug-likeness (QED) is 0.134. The Morgan fingerprint density at radius 1 is 0.344 bits per heavy atom. The average molecular weight is 841 g/mol. The molecule has 0 aliphatic heterocycles.